The summed E-state index contributed by atoms with van der Waals surface area (Å²) < 4.78 is 17.0. The van der Waals surface area contributed by atoms with Crippen LogP contribution >= 0.6 is 23.2 Å². The number of benzene rings is 1. The van der Waals surface area contributed by atoms with Crippen molar-refractivity contribution in [3.63, 3.8) is 0 Å². The number of hydrogen-bond acceptors (Lipinski definition) is 6. The average molecular weight is 435 g/mol. The molecule has 0 unspecified atom stereocenters. The summed E-state index contributed by atoms with van der Waals surface area (Å²) in [6.07, 6.45) is 7.67. The number of fused-ring (bicyclic) bond motifs is 1. The van der Waals surface area contributed by atoms with E-state index in [9.17, 15) is 4.79 Å². The molecule has 1 aromatic carbocycles. The van der Waals surface area contributed by atoms with E-state index >= 15 is 0 Å². The first kappa shape index (κ1) is 19.9. The molecule has 4 rings (SSSR count). The van der Waals surface area contributed by atoms with E-state index in [1.807, 2.05) is 0 Å². The number of nitrogens with one attached hydrogen (secondary N) is 1. The van der Waals surface area contributed by atoms with Gasteiger partial charge in [-0.05, 0) is 30.9 Å². The Balaban J connectivity index is 1.78. The van der Waals surface area contributed by atoms with Gasteiger partial charge in [0.1, 0.15) is 0 Å². The molecule has 2 heterocycles. The van der Waals surface area contributed by atoms with E-state index in [4.69, 9.17) is 37.1 Å². The van der Waals surface area contributed by atoms with Crippen LogP contribution in [0.3, 0.4) is 0 Å². The molecule has 0 bridgehead atoms. The van der Waals surface area contributed by atoms with Crippen molar-refractivity contribution in [3.05, 3.63) is 51.1 Å². The second-order valence-corrected chi connectivity index (χ2v) is 7.83. The van der Waals surface area contributed by atoms with E-state index in [-0.39, 0.29) is 0 Å². The van der Waals surface area contributed by atoms with Crippen molar-refractivity contribution in [1.29, 1.82) is 0 Å². The van der Waals surface area contributed by atoms with Crippen LogP contribution < -0.4 is 20.4 Å². The highest BCUT2D eigenvalue weighted by Crippen LogP contribution is 2.40. The van der Waals surface area contributed by atoms with Crippen LogP contribution in [0.15, 0.2) is 39.8 Å². The fourth-order valence-electron chi connectivity index (χ4n) is 3.63. The third-order valence-corrected chi connectivity index (χ3v) is 5.68. The van der Waals surface area contributed by atoms with Crippen molar-refractivity contribution < 1.29 is 13.9 Å². The predicted molar refractivity (Wildman–Crippen MR) is 114 cm³/mol. The lowest BCUT2D eigenvalue weighted by Gasteiger charge is -2.17. The van der Waals surface area contributed by atoms with Crippen LogP contribution in [0.1, 0.15) is 25.7 Å². The van der Waals surface area contributed by atoms with Crippen LogP contribution in [0, 0.1) is 5.92 Å². The van der Waals surface area contributed by atoms with E-state index in [1.54, 1.807) is 19.2 Å². The molecular weight excluding hydrogens is 415 g/mol. The quantitative estimate of drug-likeness (QED) is 0.492. The Bertz CT molecular complexity index is 1070. The van der Waals surface area contributed by atoms with Gasteiger partial charge in [0.25, 0.3) is 0 Å². The predicted octanol–water partition coefficient (Wildman–Crippen LogP) is 5.82. The molecule has 1 saturated carbocycles. The number of pyridine rings is 1. The van der Waals surface area contributed by atoms with Crippen LogP contribution in [0.4, 0.5) is 11.4 Å². The SMILES string of the molecule is COc1ccc2c(Nc3c(Cl)cncc3Cl)cc(=O)oc2c1OCC1CCCC1. The highest BCUT2D eigenvalue weighted by Gasteiger charge is 2.21. The minimum atomic E-state index is -0.528. The van der Waals surface area contributed by atoms with Crippen LogP contribution in [0.5, 0.6) is 11.5 Å². The molecule has 0 radical (unpaired) electrons. The third-order valence-electron chi connectivity index (χ3n) is 5.10. The molecule has 0 spiro atoms. The largest absolute Gasteiger partial charge is 0.493 e. The van der Waals surface area contributed by atoms with E-state index in [0.717, 1.165) is 12.8 Å². The van der Waals surface area contributed by atoms with E-state index in [0.29, 0.717) is 56.4 Å². The van der Waals surface area contributed by atoms with Crippen LogP contribution in [0.2, 0.25) is 10.0 Å². The Morgan fingerprint density at radius 2 is 1.93 bits per heavy atom. The molecular formula is C21H20Cl2N2O4. The molecule has 1 aliphatic carbocycles. The van der Waals surface area contributed by atoms with Gasteiger partial charge in [0.2, 0.25) is 5.75 Å². The number of hydrogen-bond donors (Lipinski definition) is 1. The summed E-state index contributed by atoms with van der Waals surface area (Å²) in [6, 6.07) is 4.93. The smallest absolute Gasteiger partial charge is 0.338 e. The molecule has 29 heavy (non-hydrogen) atoms. The van der Waals surface area contributed by atoms with E-state index in [2.05, 4.69) is 10.3 Å². The van der Waals surface area contributed by atoms with Crippen LogP contribution in [0.25, 0.3) is 11.0 Å². The minimum Gasteiger partial charge on any atom is -0.493 e. The maximum absolute atomic E-state index is 12.3. The molecule has 0 amide bonds. The molecule has 0 aliphatic heterocycles. The summed E-state index contributed by atoms with van der Waals surface area (Å²) in [4.78, 5) is 16.2. The van der Waals surface area contributed by atoms with Gasteiger partial charge in [-0.2, -0.15) is 0 Å². The first-order chi connectivity index (χ1) is 14.1. The van der Waals surface area contributed by atoms with Crippen molar-refractivity contribution in [1.82, 2.24) is 4.98 Å². The van der Waals surface area contributed by atoms with Crippen molar-refractivity contribution in [3.8, 4) is 11.5 Å². The molecule has 3 aromatic rings. The number of anilines is 2. The van der Waals surface area contributed by atoms with Crippen molar-refractivity contribution in [2.45, 2.75) is 25.7 Å². The number of methoxy groups -OCH3 is 1. The fraction of sp³-hybridized carbons (Fsp3) is 0.333. The maximum atomic E-state index is 12.3. The van der Waals surface area contributed by atoms with Crippen LogP contribution in [-0.2, 0) is 0 Å². The fourth-order valence-corrected chi connectivity index (χ4v) is 4.09. The van der Waals surface area contributed by atoms with Crippen molar-refractivity contribution in [2.24, 2.45) is 5.92 Å². The van der Waals surface area contributed by atoms with Crippen LogP contribution in [-0.4, -0.2) is 18.7 Å². The van der Waals surface area contributed by atoms with Gasteiger partial charge in [0.05, 0.1) is 35.1 Å². The second kappa shape index (κ2) is 8.51. The molecule has 0 atom stereocenters. The number of halogens is 2. The molecule has 1 aliphatic rings. The van der Waals surface area contributed by atoms with E-state index < -0.39 is 5.63 Å². The Labute approximate surface area is 177 Å². The summed E-state index contributed by atoms with van der Waals surface area (Å²) in [6.45, 7) is 0.554. The van der Waals surface area contributed by atoms with Gasteiger partial charge in [-0.25, -0.2) is 4.79 Å². The van der Waals surface area contributed by atoms with Gasteiger partial charge in [-0.15, -0.1) is 0 Å². The van der Waals surface area contributed by atoms with Crippen molar-refractivity contribution in [2.75, 3.05) is 19.0 Å². The monoisotopic (exact) mass is 434 g/mol. The third kappa shape index (κ3) is 4.14. The lowest BCUT2D eigenvalue weighted by molar-refractivity contribution is 0.240. The zero-order valence-corrected chi connectivity index (χ0v) is 17.3. The molecule has 1 fully saturated rings. The first-order valence-corrected chi connectivity index (χ1v) is 10.2. The lowest BCUT2D eigenvalue weighted by atomic mass is 10.1. The molecule has 152 valence electrons. The van der Waals surface area contributed by atoms with Gasteiger partial charge in [0.15, 0.2) is 11.3 Å². The summed E-state index contributed by atoms with van der Waals surface area (Å²) >= 11 is 12.4. The summed E-state index contributed by atoms with van der Waals surface area (Å²) in [5.41, 5.74) is 0.748. The summed E-state index contributed by atoms with van der Waals surface area (Å²) in [5.74, 6) is 1.43. The molecule has 2 aromatic heterocycles. The van der Waals surface area contributed by atoms with Gasteiger partial charge >= 0.3 is 5.63 Å². The molecule has 6 nitrogen and oxygen atoms in total. The van der Waals surface area contributed by atoms with Gasteiger partial charge in [0, 0.05) is 23.8 Å². The highest BCUT2D eigenvalue weighted by molar-refractivity contribution is 6.39. The molecule has 0 saturated heterocycles. The number of aromatic nitrogens is 1. The Kier molecular flexibility index (Phi) is 5.83. The minimum absolute atomic E-state index is 0.318. The van der Waals surface area contributed by atoms with Gasteiger partial charge in [-0.1, -0.05) is 36.0 Å². The zero-order chi connectivity index (χ0) is 20.4. The Hall–Kier alpha value is -2.44. The van der Waals surface area contributed by atoms with Gasteiger partial charge < -0.3 is 19.2 Å². The lowest BCUT2D eigenvalue weighted by Crippen LogP contribution is -2.10. The number of rotatable bonds is 6. The second-order valence-electron chi connectivity index (χ2n) is 7.02. The highest BCUT2D eigenvalue weighted by atomic mass is 35.5. The van der Waals surface area contributed by atoms with Gasteiger partial charge in [-0.3, -0.25) is 4.98 Å². The summed E-state index contributed by atoms with van der Waals surface area (Å²) in [7, 11) is 1.56. The first-order valence-electron chi connectivity index (χ1n) is 9.40. The zero-order valence-electron chi connectivity index (χ0n) is 15.8. The normalized spacial score (nSPS) is 14.3. The molecule has 1 N–H and O–H groups in total. The number of ether oxygens (including phenoxy) is 2. The number of nitrogens with zero attached hydrogens (tertiary/aromatic N) is 1. The average Bonchev–Trinajstić information content (AvgIpc) is 3.22. The summed E-state index contributed by atoms with van der Waals surface area (Å²) in [5, 5.41) is 4.45. The maximum Gasteiger partial charge on any atom is 0.338 e. The Morgan fingerprint density at radius 3 is 2.62 bits per heavy atom. The molecule has 8 heteroatoms. The Morgan fingerprint density at radius 1 is 1.21 bits per heavy atom. The topological polar surface area (TPSA) is 73.6 Å². The standard InChI is InChI=1S/C21H20Cl2N2O4/c1-27-17-7-6-13-16(25-19-14(22)9-24-10-15(19)23)8-18(26)29-20(13)21(17)28-11-12-4-2-3-5-12/h6-10,12H,2-5,11H2,1H3,(H,24,25). The van der Waals surface area contributed by atoms with Crippen molar-refractivity contribution >= 4 is 45.5 Å². The van der Waals surface area contributed by atoms with E-state index in [1.165, 1.54) is 31.3 Å².